The Labute approximate surface area is 227 Å². The highest BCUT2D eigenvalue weighted by Crippen LogP contribution is 2.49. The lowest BCUT2D eigenvalue weighted by atomic mass is 9.78. The van der Waals surface area contributed by atoms with Crippen LogP contribution < -0.4 is 15.0 Å². The minimum absolute atomic E-state index is 0.00477. The topological polar surface area (TPSA) is 84.9 Å². The van der Waals surface area contributed by atoms with E-state index in [4.69, 9.17) is 9.47 Å². The van der Waals surface area contributed by atoms with Gasteiger partial charge in [-0.2, -0.15) is 0 Å². The van der Waals surface area contributed by atoms with Gasteiger partial charge < -0.3 is 14.8 Å². The Balaban J connectivity index is 1.49. The van der Waals surface area contributed by atoms with Crippen LogP contribution in [0.15, 0.2) is 84.1 Å². The number of rotatable bonds is 5. The van der Waals surface area contributed by atoms with Gasteiger partial charge in [0.05, 0.1) is 37.2 Å². The molecule has 0 bridgehead atoms. The number of nitrogens with one attached hydrogen (secondary N) is 1. The summed E-state index contributed by atoms with van der Waals surface area (Å²) in [5.74, 6) is 0.305. The number of hydrogen-bond acceptors (Lipinski definition) is 6. The van der Waals surface area contributed by atoms with Crippen molar-refractivity contribution < 1.29 is 23.9 Å². The summed E-state index contributed by atoms with van der Waals surface area (Å²) in [7, 11) is 2.98. The highest BCUT2D eigenvalue weighted by atomic mass is 16.5. The first-order valence-corrected chi connectivity index (χ1v) is 13.3. The van der Waals surface area contributed by atoms with Crippen molar-refractivity contribution in [3.63, 3.8) is 0 Å². The van der Waals surface area contributed by atoms with Gasteiger partial charge in [0.1, 0.15) is 5.75 Å². The van der Waals surface area contributed by atoms with Gasteiger partial charge in [0.2, 0.25) is 5.91 Å². The van der Waals surface area contributed by atoms with Crippen LogP contribution in [0.4, 0.5) is 11.4 Å². The lowest BCUT2D eigenvalue weighted by Gasteiger charge is -2.35. The number of ketones is 1. The van der Waals surface area contributed by atoms with Crippen molar-refractivity contribution in [3.8, 4) is 5.75 Å². The molecular formula is C32H30N2O5. The van der Waals surface area contributed by atoms with Crippen molar-refractivity contribution >= 4 is 29.0 Å². The molecule has 1 saturated carbocycles. The number of anilines is 2. The van der Waals surface area contributed by atoms with Crippen LogP contribution >= 0.6 is 0 Å². The summed E-state index contributed by atoms with van der Waals surface area (Å²) >= 11 is 0. The van der Waals surface area contributed by atoms with Gasteiger partial charge in [-0.25, -0.2) is 4.79 Å². The summed E-state index contributed by atoms with van der Waals surface area (Å²) in [6, 6.07) is 22.0. The van der Waals surface area contributed by atoms with E-state index >= 15 is 0 Å². The number of nitrogens with zero attached hydrogens (tertiary/aromatic N) is 1. The number of fused-ring (bicyclic) bond motifs is 1. The molecule has 39 heavy (non-hydrogen) atoms. The maximum Gasteiger partial charge on any atom is 0.337 e. The molecule has 3 aliphatic rings. The van der Waals surface area contributed by atoms with E-state index in [1.165, 1.54) is 7.11 Å². The number of amides is 1. The highest BCUT2D eigenvalue weighted by Gasteiger charge is 2.45. The molecule has 7 nitrogen and oxygen atoms in total. The molecule has 0 radical (unpaired) electrons. The molecule has 1 aliphatic heterocycles. The fraction of sp³-hybridized carbons (Fsp3) is 0.281. The maximum atomic E-state index is 14.1. The number of para-hydroxylation sites is 2. The molecule has 7 heteroatoms. The SMILES string of the molecule is COC(=O)c1ccc([C@H]2C3=C(C[C@H](c4ccc(OC)cc4)CC3=O)Nc3ccccc3N2C(=O)C2CC2)cc1. The highest BCUT2D eigenvalue weighted by molar-refractivity contribution is 6.07. The molecule has 6 rings (SSSR count). The molecule has 198 valence electrons. The number of hydrogen-bond donors (Lipinski definition) is 1. The van der Waals surface area contributed by atoms with E-state index in [1.54, 1.807) is 24.1 Å². The Hall–Kier alpha value is -4.39. The summed E-state index contributed by atoms with van der Waals surface area (Å²) in [6.07, 6.45) is 2.66. The zero-order chi connectivity index (χ0) is 27.1. The second-order valence-corrected chi connectivity index (χ2v) is 10.3. The van der Waals surface area contributed by atoms with Gasteiger partial charge in [-0.1, -0.05) is 36.4 Å². The Bertz CT molecular complexity index is 1470. The normalized spacial score (nSPS) is 20.4. The molecule has 1 amide bonds. The van der Waals surface area contributed by atoms with Crippen molar-refractivity contribution in [2.75, 3.05) is 24.4 Å². The summed E-state index contributed by atoms with van der Waals surface area (Å²) in [5, 5.41) is 3.56. The Kier molecular flexibility index (Phi) is 6.43. The van der Waals surface area contributed by atoms with Crippen LogP contribution in [-0.4, -0.2) is 31.9 Å². The van der Waals surface area contributed by atoms with E-state index in [2.05, 4.69) is 5.32 Å². The third-order valence-electron chi connectivity index (χ3n) is 7.89. The number of methoxy groups -OCH3 is 2. The van der Waals surface area contributed by atoms with Crippen LogP contribution in [0, 0.1) is 5.92 Å². The zero-order valence-electron chi connectivity index (χ0n) is 22.0. The molecule has 1 heterocycles. The number of Topliss-reactive ketones (excluding diaryl/α,β-unsaturated/α-hetero) is 1. The standard InChI is InChI=1S/C32H30N2O5/c1-38-24-15-13-19(14-16-24)23-17-26-29(28(35)18-23)30(20-7-11-22(12-8-20)32(37)39-2)34(31(36)21-9-10-21)27-6-4-3-5-25(27)33-26/h3-8,11-16,21,23,30,33H,9-10,17-18H2,1-2H3/t23-,30-/m0/s1. The van der Waals surface area contributed by atoms with Crippen molar-refractivity contribution in [2.24, 2.45) is 5.92 Å². The van der Waals surface area contributed by atoms with Crippen molar-refractivity contribution in [2.45, 2.75) is 37.6 Å². The summed E-state index contributed by atoms with van der Waals surface area (Å²) in [5.41, 5.74) is 5.25. The van der Waals surface area contributed by atoms with Crippen LogP contribution in [0.5, 0.6) is 5.75 Å². The van der Waals surface area contributed by atoms with Crippen LogP contribution in [0.2, 0.25) is 0 Å². The van der Waals surface area contributed by atoms with Crippen molar-refractivity contribution in [3.05, 3.63) is 101 Å². The van der Waals surface area contributed by atoms with E-state index in [1.807, 2.05) is 60.7 Å². The quantitative estimate of drug-likeness (QED) is 0.427. The van der Waals surface area contributed by atoms with Gasteiger partial charge in [0.15, 0.2) is 5.78 Å². The molecule has 2 atom stereocenters. The molecule has 2 aliphatic carbocycles. The number of ether oxygens (including phenoxy) is 2. The fourth-order valence-electron chi connectivity index (χ4n) is 5.71. The van der Waals surface area contributed by atoms with Crippen LogP contribution in [-0.2, 0) is 14.3 Å². The molecular weight excluding hydrogens is 492 g/mol. The van der Waals surface area contributed by atoms with E-state index in [0.717, 1.165) is 46.8 Å². The lowest BCUT2D eigenvalue weighted by Crippen LogP contribution is -2.39. The fourth-order valence-corrected chi connectivity index (χ4v) is 5.71. The zero-order valence-corrected chi connectivity index (χ0v) is 22.0. The molecule has 0 unspecified atom stereocenters. The smallest absolute Gasteiger partial charge is 0.337 e. The first kappa shape index (κ1) is 24.9. The van der Waals surface area contributed by atoms with Crippen molar-refractivity contribution in [1.29, 1.82) is 0 Å². The van der Waals surface area contributed by atoms with E-state index in [9.17, 15) is 14.4 Å². The first-order chi connectivity index (χ1) is 19.0. The van der Waals surface area contributed by atoms with Gasteiger partial charge in [0.25, 0.3) is 0 Å². The monoisotopic (exact) mass is 522 g/mol. The number of allylic oxidation sites excluding steroid dienone is 1. The number of esters is 1. The largest absolute Gasteiger partial charge is 0.497 e. The van der Waals surface area contributed by atoms with E-state index < -0.39 is 12.0 Å². The molecule has 0 saturated heterocycles. The Morgan fingerprint density at radius 2 is 1.56 bits per heavy atom. The molecule has 1 N–H and O–H groups in total. The minimum atomic E-state index is -0.611. The first-order valence-electron chi connectivity index (χ1n) is 13.3. The van der Waals surface area contributed by atoms with Crippen LogP contribution in [0.25, 0.3) is 0 Å². The minimum Gasteiger partial charge on any atom is -0.497 e. The number of carbonyl (C=O) groups is 3. The molecule has 3 aromatic rings. The number of benzene rings is 3. The van der Waals surface area contributed by atoms with Crippen LogP contribution in [0.3, 0.4) is 0 Å². The average molecular weight is 523 g/mol. The predicted octanol–water partition coefficient (Wildman–Crippen LogP) is 5.79. The van der Waals surface area contributed by atoms with Crippen LogP contribution in [0.1, 0.15) is 59.1 Å². The molecule has 3 aromatic carbocycles. The van der Waals surface area contributed by atoms with E-state index in [0.29, 0.717) is 24.0 Å². The Morgan fingerprint density at radius 3 is 2.23 bits per heavy atom. The second-order valence-electron chi connectivity index (χ2n) is 10.3. The van der Waals surface area contributed by atoms with Gasteiger partial charge in [-0.3, -0.25) is 14.5 Å². The predicted molar refractivity (Wildman–Crippen MR) is 148 cm³/mol. The molecule has 0 aromatic heterocycles. The molecule has 0 spiro atoms. The van der Waals surface area contributed by atoms with Gasteiger partial charge in [-0.15, -0.1) is 0 Å². The van der Waals surface area contributed by atoms with Gasteiger partial charge >= 0.3 is 5.97 Å². The third kappa shape index (κ3) is 4.58. The maximum absolute atomic E-state index is 14.1. The lowest BCUT2D eigenvalue weighted by molar-refractivity contribution is -0.120. The van der Waals surface area contributed by atoms with Crippen molar-refractivity contribution in [1.82, 2.24) is 0 Å². The summed E-state index contributed by atoms with van der Waals surface area (Å²) in [6.45, 7) is 0. The number of carbonyl (C=O) groups excluding carboxylic acids is 3. The molecule has 1 fully saturated rings. The second kappa shape index (κ2) is 10.1. The average Bonchev–Trinajstić information content (AvgIpc) is 3.83. The van der Waals surface area contributed by atoms with Gasteiger partial charge in [0, 0.05) is 23.6 Å². The van der Waals surface area contributed by atoms with E-state index in [-0.39, 0.29) is 23.5 Å². The summed E-state index contributed by atoms with van der Waals surface area (Å²) < 4.78 is 10.2. The Morgan fingerprint density at radius 1 is 0.872 bits per heavy atom. The third-order valence-corrected chi connectivity index (χ3v) is 7.89. The van der Waals surface area contributed by atoms with Gasteiger partial charge in [-0.05, 0) is 72.7 Å². The summed E-state index contributed by atoms with van der Waals surface area (Å²) in [4.78, 5) is 41.9.